The minimum absolute atomic E-state index is 0.129. The molecule has 4 nitrogen and oxygen atoms in total. The maximum Gasteiger partial charge on any atom is 0.170 e. The van der Waals surface area contributed by atoms with Gasteiger partial charge in [0, 0.05) is 5.56 Å². The molecule has 5 heteroatoms. The lowest BCUT2D eigenvalue weighted by Gasteiger charge is -2.06. The summed E-state index contributed by atoms with van der Waals surface area (Å²) in [5, 5.41) is 11.2. The summed E-state index contributed by atoms with van der Waals surface area (Å²) in [7, 11) is 0. The van der Waals surface area contributed by atoms with Gasteiger partial charge in [-0.2, -0.15) is 0 Å². The van der Waals surface area contributed by atoms with Gasteiger partial charge in [-0.3, -0.25) is 0 Å². The van der Waals surface area contributed by atoms with Crippen LogP contribution >= 0.6 is 0 Å². The van der Waals surface area contributed by atoms with E-state index in [1.165, 1.54) is 18.2 Å². The predicted octanol–water partition coefficient (Wildman–Crippen LogP) is 1.71. The van der Waals surface area contributed by atoms with Gasteiger partial charge >= 0.3 is 0 Å². The second kappa shape index (κ2) is 5.19. The van der Waals surface area contributed by atoms with Crippen LogP contribution < -0.4 is 10.5 Å². The molecule has 0 heterocycles. The van der Waals surface area contributed by atoms with Crippen molar-refractivity contribution < 1.29 is 14.3 Å². The monoisotopic (exact) mass is 212 g/mol. The Morgan fingerprint density at radius 3 is 2.87 bits per heavy atom. The normalized spacial score (nSPS) is 11.5. The number of rotatable bonds is 4. The Labute approximate surface area is 87.2 Å². The number of ether oxygens (including phenoxy) is 1. The van der Waals surface area contributed by atoms with Gasteiger partial charge in [0.15, 0.2) is 17.4 Å². The van der Waals surface area contributed by atoms with E-state index >= 15 is 0 Å². The third-order valence-corrected chi connectivity index (χ3v) is 1.80. The van der Waals surface area contributed by atoms with E-state index in [2.05, 4.69) is 5.16 Å². The van der Waals surface area contributed by atoms with E-state index in [9.17, 15) is 4.39 Å². The Hall–Kier alpha value is -1.78. The lowest BCUT2D eigenvalue weighted by atomic mass is 10.2. The Morgan fingerprint density at radius 1 is 1.60 bits per heavy atom. The second-order valence-corrected chi connectivity index (χ2v) is 2.98. The molecule has 1 rings (SSSR count). The molecule has 0 amide bonds. The lowest BCUT2D eigenvalue weighted by Crippen LogP contribution is -2.13. The molecule has 0 radical (unpaired) electrons. The van der Waals surface area contributed by atoms with E-state index in [0.29, 0.717) is 12.2 Å². The first-order valence-electron chi connectivity index (χ1n) is 4.59. The molecule has 1 aromatic rings. The quantitative estimate of drug-likeness (QED) is 0.345. The molecule has 0 fully saturated rings. The Kier molecular flexibility index (Phi) is 3.91. The third-order valence-electron chi connectivity index (χ3n) is 1.80. The van der Waals surface area contributed by atoms with Crippen LogP contribution in [-0.4, -0.2) is 17.6 Å². The van der Waals surface area contributed by atoms with Crippen molar-refractivity contribution in [3.63, 3.8) is 0 Å². The van der Waals surface area contributed by atoms with Crippen LogP contribution in [0.4, 0.5) is 4.39 Å². The van der Waals surface area contributed by atoms with Crippen molar-refractivity contribution in [1.29, 1.82) is 0 Å². The molecule has 0 aliphatic carbocycles. The number of nitrogens with two attached hydrogens (primary N) is 1. The van der Waals surface area contributed by atoms with Gasteiger partial charge in [0.1, 0.15) is 0 Å². The van der Waals surface area contributed by atoms with E-state index in [1.807, 2.05) is 6.92 Å². The summed E-state index contributed by atoms with van der Waals surface area (Å²) in [6.07, 6.45) is 0.807. The largest absolute Gasteiger partial charge is 0.491 e. The van der Waals surface area contributed by atoms with Crippen molar-refractivity contribution in [3.8, 4) is 5.75 Å². The van der Waals surface area contributed by atoms with E-state index in [1.54, 1.807) is 0 Å². The first kappa shape index (κ1) is 11.3. The average molecular weight is 212 g/mol. The highest BCUT2D eigenvalue weighted by atomic mass is 19.1. The molecule has 0 aromatic heterocycles. The van der Waals surface area contributed by atoms with E-state index in [0.717, 1.165) is 6.42 Å². The fourth-order valence-electron chi connectivity index (χ4n) is 1.05. The van der Waals surface area contributed by atoms with E-state index < -0.39 is 5.82 Å². The summed E-state index contributed by atoms with van der Waals surface area (Å²) in [4.78, 5) is 0. The summed E-state index contributed by atoms with van der Waals surface area (Å²) >= 11 is 0. The minimum atomic E-state index is -0.521. The average Bonchev–Trinajstić information content (AvgIpc) is 2.26. The second-order valence-electron chi connectivity index (χ2n) is 2.98. The van der Waals surface area contributed by atoms with Crippen molar-refractivity contribution in [2.75, 3.05) is 6.61 Å². The molecule has 0 unspecified atom stereocenters. The molecule has 0 saturated heterocycles. The van der Waals surface area contributed by atoms with E-state index in [4.69, 9.17) is 15.7 Å². The summed E-state index contributed by atoms with van der Waals surface area (Å²) in [6, 6.07) is 4.15. The summed E-state index contributed by atoms with van der Waals surface area (Å²) in [5.41, 5.74) is 5.62. The molecular weight excluding hydrogens is 199 g/mol. The van der Waals surface area contributed by atoms with Crippen molar-refractivity contribution in [1.82, 2.24) is 0 Å². The van der Waals surface area contributed by atoms with Gasteiger partial charge in [-0.05, 0) is 24.6 Å². The highest BCUT2D eigenvalue weighted by Crippen LogP contribution is 2.18. The van der Waals surface area contributed by atoms with Gasteiger partial charge in [-0.1, -0.05) is 12.1 Å². The number of oxime groups is 1. The van der Waals surface area contributed by atoms with Crippen LogP contribution in [0.1, 0.15) is 18.9 Å². The summed E-state index contributed by atoms with van der Waals surface area (Å²) in [6.45, 7) is 2.39. The highest BCUT2D eigenvalue weighted by Gasteiger charge is 2.06. The molecule has 0 aliphatic heterocycles. The number of nitrogens with zero attached hydrogens (tertiary/aromatic N) is 1. The fraction of sp³-hybridized carbons (Fsp3) is 0.300. The number of amidine groups is 1. The predicted molar refractivity (Wildman–Crippen MR) is 54.7 cm³/mol. The number of hydrogen-bond donors (Lipinski definition) is 2. The van der Waals surface area contributed by atoms with Crippen molar-refractivity contribution in [2.24, 2.45) is 10.9 Å². The van der Waals surface area contributed by atoms with Gasteiger partial charge < -0.3 is 15.7 Å². The van der Waals surface area contributed by atoms with Gasteiger partial charge in [-0.15, -0.1) is 0 Å². The molecule has 0 bridgehead atoms. The maximum atomic E-state index is 13.4. The van der Waals surface area contributed by atoms with E-state index in [-0.39, 0.29) is 11.6 Å². The SMILES string of the molecule is CCCOc1ccc(/C(N)=N/O)cc1F. The maximum absolute atomic E-state index is 13.4. The first-order valence-corrected chi connectivity index (χ1v) is 4.59. The zero-order valence-electron chi connectivity index (χ0n) is 8.40. The zero-order valence-corrected chi connectivity index (χ0v) is 8.40. The summed E-state index contributed by atoms with van der Waals surface area (Å²) in [5.74, 6) is -0.477. The number of halogens is 1. The van der Waals surface area contributed by atoms with Crippen LogP contribution in [0.3, 0.4) is 0 Å². The van der Waals surface area contributed by atoms with Crippen LogP contribution in [0, 0.1) is 5.82 Å². The molecule has 0 saturated carbocycles. The molecule has 82 valence electrons. The minimum Gasteiger partial charge on any atom is -0.491 e. The van der Waals surface area contributed by atoms with Gasteiger partial charge in [0.05, 0.1) is 6.61 Å². The van der Waals surface area contributed by atoms with Crippen LogP contribution in [-0.2, 0) is 0 Å². The molecule has 0 atom stereocenters. The zero-order chi connectivity index (χ0) is 11.3. The van der Waals surface area contributed by atoms with Crippen molar-refractivity contribution in [2.45, 2.75) is 13.3 Å². The first-order chi connectivity index (χ1) is 7.19. The molecule has 0 spiro atoms. The standard InChI is InChI=1S/C10H13FN2O2/c1-2-5-15-9-4-3-7(6-8(9)11)10(12)13-14/h3-4,6,14H,2,5H2,1H3,(H2,12,13). The lowest BCUT2D eigenvalue weighted by molar-refractivity contribution is 0.301. The van der Waals surface area contributed by atoms with Crippen LogP contribution in [0.2, 0.25) is 0 Å². The third kappa shape index (κ3) is 2.83. The Bertz CT molecular complexity index is 366. The van der Waals surface area contributed by atoms with Crippen LogP contribution in [0.15, 0.2) is 23.4 Å². The van der Waals surface area contributed by atoms with Gasteiger partial charge in [0.2, 0.25) is 0 Å². The molecule has 15 heavy (non-hydrogen) atoms. The number of hydrogen-bond acceptors (Lipinski definition) is 3. The van der Waals surface area contributed by atoms with Crippen LogP contribution in [0.5, 0.6) is 5.75 Å². The fourth-order valence-corrected chi connectivity index (χ4v) is 1.05. The molecule has 1 aromatic carbocycles. The highest BCUT2D eigenvalue weighted by molar-refractivity contribution is 5.97. The van der Waals surface area contributed by atoms with Crippen LogP contribution in [0.25, 0.3) is 0 Å². The summed E-state index contributed by atoms with van der Waals surface area (Å²) < 4.78 is 18.5. The topological polar surface area (TPSA) is 67.8 Å². The van der Waals surface area contributed by atoms with Gasteiger partial charge in [0.25, 0.3) is 0 Å². The smallest absolute Gasteiger partial charge is 0.170 e. The molecule has 0 aliphatic rings. The van der Waals surface area contributed by atoms with Crippen molar-refractivity contribution >= 4 is 5.84 Å². The Balaban J connectivity index is 2.88. The molecular formula is C10H13FN2O2. The molecule has 3 N–H and O–H groups in total. The number of benzene rings is 1. The van der Waals surface area contributed by atoms with Gasteiger partial charge in [-0.25, -0.2) is 4.39 Å². The Morgan fingerprint density at radius 2 is 2.33 bits per heavy atom. The van der Waals surface area contributed by atoms with Crippen molar-refractivity contribution in [3.05, 3.63) is 29.6 Å².